The lowest BCUT2D eigenvalue weighted by molar-refractivity contribution is -0.137. The number of likely N-dealkylation sites (tertiary alicyclic amines) is 1. The summed E-state index contributed by atoms with van der Waals surface area (Å²) in [5, 5.41) is 9.55. The second kappa shape index (κ2) is 6.50. The lowest BCUT2D eigenvalue weighted by Crippen LogP contribution is -2.37. The van der Waals surface area contributed by atoms with Crippen LogP contribution in [0.2, 0.25) is 0 Å². The standard InChI is InChI=1S/C15H18F3NO2S/c1-9(22-2)14(21)19-8-12(20)7-13(19)10-4-3-5-11(6-10)15(16,17)18/h3-6,9,12-13,20H,7-8H2,1-2H3. The monoisotopic (exact) mass is 333 g/mol. The first-order valence-electron chi connectivity index (χ1n) is 6.92. The van der Waals surface area contributed by atoms with Crippen molar-refractivity contribution in [3.8, 4) is 0 Å². The van der Waals surface area contributed by atoms with Crippen molar-refractivity contribution in [1.29, 1.82) is 0 Å². The van der Waals surface area contributed by atoms with E-state index in [4.69, 9.17) is 0 Å². The van der Waals surface area contributed by atoms with Gasteiger partial charge in [0.05, 0.1) is 23.0 Å². The molecule has 1 N–H and O–H groups in total. The van der Waals surface area contributed by atoms with Gasteiger partial charge in [-0.3, -0.25) is 4.79 Å². The van der Waals surface area contributed by atoms with E-state index in [2.05, 4.69) is 0 Å². The van der Waals surface area contributed by atoms with E-state index in [1.54, 1.807) is 19.2 Å². The van der Waals surface area contributed by atoms with Crippen molar-refractivity contribution in [3.63, 3.8) is 0 Å². The van der Waals surface area contributed by atoms with Crippen LogP contribution in [0.1, 0.15) is 30.5 Å². The van der Waals surface area contributed by atoms with Crippen LogP contribution in [0, 0.1) is 0 Å². The molecular weight excluding hydrogens is 315 g/mol. The molecule has 2 rings (SSSR count). The van der Waals surface area contributed by atoms with Crippen molar-refractivity contribution < 1.29 is 23.1 Å². The Kier molecular flexibility index (Phi) is 5.07. The van der Waals surface area contributed by atoms with E-state index in [1.165, 1.54) is 22.7 Å². The minimum atomic E-state index is -4.42. The summed E-state index contributed by atoms with van der Waals surface area (Å²) in [7, 11) is 0. The quantitative estimate of drug-likeness (QED) is 0.924. The van der Waals surface area contributed by atoms with E-state index in [0.29, 0.717) is 5.56 Å². The number of alkyl halides is 3. The second-order valence-corrected chi connectivity index (χ2v) is 6.58. The van der Waals surface area contributed by atoms with Gasteiger partial charge >= 0.3 is 6.18 Å². The number of carbonyl (C=O) groups excluding carboxylic acids is 1. The first kappa shape index (κ1) is 17.1. The molecule has 0 aromatic heterocycles. The van der Waals surface area contributed by atoms with Gasteiger partial charge in [-0.05, 0) is 37.3 Å². The third kappa shape index (κ3) is 3.57. The molecule has 1 fully saturated rings. The third-order valence-electron chi connectivity index (χ3n) is 3.86. The van der Waals surface area contributed by atoms with Gasteiger partial charge in [0.25, 0.3) is 0 Å². The molecule has 1 aromatic carbocycles. The van der Waals surface area contributed by atoms with Crippen LogP contribution >= 0.6 is 11.8 Å². The maximum absolute atomic E-state index is 12.8. The van der Waals surface area contributed by atoms with Crippen LogP contribution in [-0.2, 0) is 11.0 Å². The molecule has 1 saturated heterocycles. The summed E-state index contributed by atoms with van der Waals surface area (Å²) >= 11 is 1.37. The number of hydrogen-bond donors (Lipinski definition) is 1. The number of rotatable bonds is 3. The lowest BCUT2D eigenvalue weighted by Gasteiger charge is -2.27. The summed E-state index contributed by atoms with van der Waals surface area (Å²) < 4.78 is 38.5. The average molecular weight is 333 g/mol. The Morgan fingerprint density at radius 2 is 2.14 bits per heavy atom. The average Bonchev–Trinajstić information content (AvgIpc) is 2.87. The van der Waals surface area contributed by atoms with Gasteiger partial charge < -0.3 is 10.0 Å². The number of benzene rings is 1. The zero-order valence-corrected chi connectivity index (χ0v) is 13.1. The minimum absolute atomic E-state index is 0.157. The molecule has 1 aromatic rings. The predicted molar refractivity (Wildman–Crippen MR) is 79.5 cm³/mol. The molecule has 7 heteroatoms. The molecule has 1 heterocycles. The molecule has 0 radical (unpaired) electrons. The number of aliphatic hydroxyl groups is 1. The lowest BCUT2D eigenvalue weighted by atomic mass is 10.0. The van der Waals surface area contributed by atoms with Crippen molar-refractivity contribution in [2.45, 2.75) is 36.9 Å². The molecule has 22 heavy (non-hydrogen) atoms. The van der Waals surface area contributed by atoms with E-state index in [0.717, 1.165) is 12.1 Å². The molecule has 1 amide bonds. The van der Waals surface area contributed by atoms with Gasteiger partial charge in [-0.1, -0.05) is 12.1 Å². The number of hydrogen-bond acceptors (Lipinski definition) is 3. The van der Waals surface area contributed by atoms with E-state index < -0.39 is 23.9 Å². The highest BCUT2D eigenvalue weighted by Gasteiger charge is 2.38. The van der Waals surface area contributed by atoms with Crippen LogP contribution in [0.4, 0.5) is 13.2 Å². The predicted octanol–water partition coefficient (Wildman–Crippen LogP) is 3.09. The van der Waals surface area contributed by atoms with E-state index in [1.807, 2.05) is 0 Å². The fraction of sp³-hybridized carbons (Fsp3) is 0.533. The summed E-state index contributed by atoms with van der Waals surface area (Å²) in [5.41, 5.74) is -0.329. The number of β-amino-alcohol motifs (C(OH)–C–C–N with tert-alkyl or cyclic N) is 1. The Morgan fingerprint density at radius 3 is 2.73 bits per heavy atom. The summed E-state index contributed by atoms with van der Waals surface area (Å²) in [6.07, 6.45) is -3.07. The number of carbonyl (C=O) groups is 1. The molecule has 1 aliphatic heterocycles. The zero-order chi connectivity index (χ0) is 16.5. The largest absolute Gasteiger partial charge is 0.416 e. The molecule has 3 unspecified atom stereocenters. The van der Waals surface area contributed by atoms with Crippen LogP contribution in [0.3, 0.4) is 0 Å². The van der Waals surface area contributed by atoms with Gasteiger partial charge in [0, 0.05) is 6.54 Å². The molecule has 0 saturated carbocycles. The Bertz CT molecular complexity index is 550. The Balaban J connectivity index is 2.31. The number of aliphatic hydroxyl groups excluding tert-OH is 1. The van der Waals surface area contributed by atoms with Crippen molar-refractivity contribution >= 4 is 17.7 Å². The van der Waals surface area contributed by atoms with Gasteiger partial charge in [0.2, 0.25) is 5.91 Å². The van der Waals surface area contributed by atoms with E-state index >= 15 is 0 Å². The zero-order valence-electron chi connectivity index (χ0n) is 12.3. The van der Waals surface area contributed by atoms with E-state index in [9.17, 15) is 23.1 Å². The molecular formula is C15H18F3NO2S. The number of halogens is 3. The molecule has 3 atom stereocenters. The summed E-state index contributed by atoms with van der Waals surface area (Å²) in [6.45, 7) is 1.91. The van der Waals surface area contributed by atoms with Crippen LogP contribution in [0.15, 0.2) is 24.3 Å². The second-order valence-electron chi connectivity index (χ2n) is 5.40. The molecule has 1 aliphatic rings. The molecule has 122 valence electrons. The van der Waals surface area contributed by atoms with Gasteiger partial charge in [-0.2, -0.15) is 24.9 Å². The Morgan fingerprint density at radius 1 is 1.45 bits per heavy atom. The van der Waals surface area contributed by atoms with Crippen molar-refractivity contribution in [3.05, 3.63) is 35.4 Å². The van der Waals surface area contributed by atoms with Gasteiger partial charge in [-0.15, -0.1) is 0 Å². The van der Waals surface area contributed by atoms with Crippen LogP contribution in [0.5, 0.6) is 0 Å². The van der Waals surface area contributed by atoms with Crippen molar-refractivity contribution in [2.24, 2.45) is 0 Å². The van der Waals surface area contributed by atoms with Gasteiger partial charge in [0.1, 0.15) is 0 Å². The normalized spacial score (nSPS) is 23.6. The third-order valence-corrected chi connectivity index (χ3v) is 4.77. The fourth-order valence-electron chi connectivity index (χ4n) is 2.63. The van der Waals surface area contributed by atoms with Crippen LogP contribution in [0.25, 0.3) is 0 Å². The highest BCUT2D eigenvalue weighted by Crippen LogP contribution is 2.36. The summed E-state index contributed by atoms with van der Waals surface area (Å²) in [4.78, 5) is 13.8. The minimum Gasteiger partial charge on any atom is -0.391 e. The van der Waals surface area contributed by atoms with Gasteiger partial charge in [-0.25, -0.2) is 0 Å². The van der Waals surface area contributed by atoms with Crippen molar-refractivity contribution in [1.82, 2.24) is 4.90 Å². The number of amides is 1. The smallest absolute Gasteiger partial charge is 0.391 e. The maximum atomic E-state index is 12.8. The topological polar surface area (TPSA) is 40.5 Å². The Labute approximate surface area is 131 Å². The first-order valence-corrected chi connectivity index (χ1v) is 8.21. The number of nitrogens with zero attached hydrogens (tertiary/aromatic N) is 1. The first-order chi connectivity index (χ1) is 10.2. The molecule has 3 nitrogen and oxygen atoms in total. The summed E-state index contributed by atoms with van der Waals surface area (Å²) in [6, 6.07) is 4.46. The summed E-state index contributed by atoms with van der Waals surface area (Å²) in [5.74, 6) is -0.161. The van der Waals surface area contributed by atoms with Gasteiger partial charge in [0.15, 0.2) is 0 Å². The SMILES string of the molecule is CSC(C)C(=O)N1CC(O)CC1c1cccc(C(F)(F)F)c1. The maximum Gasteiger partial charge on any atom is 0.416 e. The molecule has 0 spiro atoms. The van der Waals surface area contributed by atoms with Crippen LogP contribution < -0.4 is 0 Å². The van der Waals surface area contributed by atoms with E-state index in [-0.39, 0.29) is 24.1 Å². The molecule has 0 bridgehead atoms. The number of thioether (sulfide) groups is 1. The highest BCUT2D eigenvalue weighted by molar-refractivity contribution is 7.99. The highest BCUT2D eigenvalue weighted by atomic mass is 32.2. The Hall–Kier alpha value is -1.21. The van der Waals surface area contributed by atoms with Crippen LogP contribution in [-0.4, -0.2) is 40.1 Å². The molecule has 0 aliphatic carbocycles. The van der Waals surface area contributed by atoms with Crippen molar-refractivity contribution in [2.75, 3.05) is 12.8 Å². The fourth-order valence-corrected chi connectivity index (χ4v) is 2.97.